The summed E-state index contributed by atoms with van der Waals surface area (Å²) in [6.07, 6.45) is 0. The molecule has 18 heavy (non-hydrogen) atoms. The Morgan fingerprint density at radius 2 is 1.89 bits per heavy atom. The Hall–Kier alpha value is -1.13. The molecule has 1 nitrogen and oxygen atoms in total. The van der Waals surface area contributed by atoms with E-state index in [-0.39, 0.29) is 10.8 Å². The van der Waals surface area contributed by atoms with E-state index in [0.717, 1.165) is 0 Å². The summed E-state index contributed by atoms with van der Waals surface area (Å²) >= 11 is 8.89. The molecule has 0 aliphatic heterocycles. The fraction of sp³-hybridized carbons (Fsp3) is 0.0769. The average Bonchev–Trinajstić information content (AvgIpc) is 2.35. The Bertz CT molecular complexity index is 575. The molecule has 94 valence electrons. The minimum atomic E-state index is -0.460. The van der Waals surface area contributed by atoms with Crippen LogP contribution in [0.4, 0.5) is 14.5 Å². The molecule has 0 heterocycles. The third-order valence-corrected chi connectivity index (χ3v) is 3.50. The summed E-state index contributed by atoms with van der Waals surface area (Å²) in [6.45, 7) is 0.331. The Labute approximate surface area is 117 Å². The fourth-order valence-electron chi connectivity index (χ4n) is 1.49. The van der Waals surface area contributed by atoms with Crippen LogP contribution in [0.5, 0.6) is 0 Å². The lowest BCUT2D eigenvalue weighted by Crippen LogP contribution is -2.01. The molecular formula is C13H9BrClF2N. The zero-order valence-electron chi connectivity index (χ0n) is 9.18. The summed E-state index contributed by atoms with van der Waals surface area (Å²) in [6, 6.07) is 9.28. The van der Waals surface area contributed by atoms with Crippen LogP contribution in [0, 0.1) is 11.6 Å². The Kier molecular flexibility index (Phi) is 4.19. The summed E-state index contributed by atoms with van der Waals surface area (Å²) in [5, 5.41) is 3.07. The monoisotopic (exact) mass is 331 g/mol. The van der Waals surface area contributed by atoms with Crippen LogP contribution in [0.2, 0.25) is 5.02 Å². The number of anilines is 1. The molecule has 0 unspecified atom stereocenters. The standard InChI is InChI=1S/C13H9BrClF2N/c14-10-5-4-9(6-12(10)17)18-7-8-2-1-3-11(16)13(8)15/h1-6,18H,7H2. The Balaban J connectivity index is 2.11. The maximum atomic E-state index is 13.3. The molecule has 0 fully saturated rings. The van der Waals surface area contributed by atoms with E-state index in [4.69, 9.17) is 11.6 Å². The molecule has 0 spiro atoms. The molecule has 0 saturated heterocycles. The topological polar surface area (TPSA) is 12.0 Å². The van der Waals surface area contributed by atoms with Crippen LogP contribution in [-0.4, -0.2) is 0 Å². The summed E-state index contributed by atoms with van der Waals surface area (Å²) in [5.41, 5.74) is 1.23. The van der Waals surface area contributed by atoms with Gasteiger partial charge in [0.15, 0.2) is 0 Å². The first kappa shape index (κ1) is 13.3. The maximum Gasteiger partial charge on any atom is 0.142 e. The molecule has 2 aromatic carbocycles. The van der Waals surface area contributed by atoms with Crippen LogP contribution in [0.15, 0.2) is 40.9 Å². The highest BCUT2D eigenvalue weighted by atomic mass is 79.9. The van der Waals surface area contributed by atoms with Crippen molar-refractivity contribution in [1.82, 2.24) is 0 Å². The van der Waals surface area contributed by atoms with Crippen molar-refractivity contribution in [1.29, 1.82) is 0 Å². The van der Waals surface area contributed by atoms with Crippen LogP contribution in [0.25, 0.3) is 0 Å². The van der Waals surface area contributed by atoms with Gasteiger partial charge in [-0.3, -0.25) is 0 Å². The molecule has 0 aliphatic rings. The molecule has 5 heteroatoms. The van der Waals surface area contributed by atoms with Crippen molar-refractivity contribution in [3.8, 4) is 0 Å². The van der Waals surface area contributed by atoms with Gasteiger partial charge in [-0.15, -0.1) is 0 Å². The first-order valence-corrected chi connectivity index (χ1v) is 6.37. The van der Waals surface area contributed by atoms with Crippen LogP contribution in [0.3, 0.4) is 0 Å². The van der Waals surface area contributed by atoms with E-state index >= 15 is 0 Å². The second-order valence-electron chi connectivity index (χ2n) is 3.70. The van der Waals surface area contributed by atoms with E-state index in [0.29, 0.717) is 22.3 Å². The van der Waals surface area contributed by atoms with Gasteiger partial charge in [0.05, 0.1) is 9.50 Å². The van der Waals surface area contributed by atoms with Gasteiger partial charge in [-0.1, -0.05) is 23.7 Å². The third-order valence-electron chi connectivity index (χ3n) is 2.43. The molecule has 0 aliphatic carbocycles. The first-order chi connectivity index (χ1) is 8.58. The van der Waals surface area contributed by atoms with Gasteiger partial charge < -0.3 is 5.32 Å². The van der Waals surface area contributed by atoms with Crippen LogP contribution >= 0.6 is 27.5 Å². The number of nitrogens with one attached hydrogen (secondary N) is 1. The third kappa shape index (κ3) is 3.00. The molecule has 0 amide bonds. The van der Waals surface area contributed by atoms with E-state index in [9.17, 15) is 8.78 Å². The Morgan fingerprint density at radius 3 is 2.61 bits per heavy atom. The van der Waals surface area contributed by atoms with Gasteiger partial charge in [0.2, 0.25) is 0 Å². The van der Waals surface area contributed by atoms with Crippen molar-refractivity contribution < 1.29 is 8.78 Å². The van der Waals surface area contributed by atoms with Crippen LogP contribution < -0.4 is 5.32 Å². The van der Waals surface area contributed by atoms with Gasteiger partial charge in [-0.2, -0.15) is 0 Å². The van der Waals surface area contributed by atoms with E-state index in [1.165, 1.54) is 12.1 Å². The van der Waals surface area contributed by atoms with Crippen LogP contribution in [0.1, 0.15) is 5.56 Å². The molecule has 2 rings (SSSR count). The lowest BCUT2D eigenvalue weighted by molar-refractivity contribution is 0.621. The van der Waals surface area contributed by atoms with Gasteiger partial charge in [0.25, 0.3) is 0 Å². The summed E-state index contributed by atoms with van der Waals surface area (Å²) < 4.78 is 26.9. The maximum absolute atomic E-state index is 13.3. The number of hydrogen-bond acceptors (Lipinski definition) is 1. The molecule has 2 aromatic rings. The molecule has 1 N–H and O–H groups in total. The van der Waals surface area contributed by atoms with Gasteiger partial charge in [-0.25, -0.2) is 8.78 Å². The average molecular weight is 333 g/mol. The predicted molar refractivity (Wildman–Crippen MR) is 72.8 cm³/mol. The second-order valence-corrected chi connectivity index (χ2v) is 4.93. The molecule has 0 saturated carbocycles. The van der Waals surface area contributed by atoms with Gasteiger partial charge >= 0.3 is 0 Å². The largest absolute Gasteiger partial charge is 0.381 e. The predicted octanol–water partition coefficient (Wildman–Crippen LogP) is 4.99. The quantitative estimate of drug-likeness (QED) is 0.834. The van der Waals surface area contributed by atoms with E-state index in [1.807, 2.05) is 0 Å². The van der Waals surface area contributed by atoms with Gasteiger partial charge in [0.1, 0.15) is 11.6 Å². The highest BCUT2D eigenvalue weighted by Crippen LogP contribution is 2.22. The van der Waals surface area contributed by atoms with Crippen molar-refractivity contribution in [3.63, 3.8) is 0 Å². The summed E-state index contributed by atoms with van der Waals surface area (Å²) in [5.74, 6) is -0.816. The molecule has 0 bridgehead atoms. The number of benzene rings is 2. The van der Waals surface area contributed by atoms with E-state index < -0.39 is 5.82 Å². The van der Waals surface area contributed by atoms with E-state index in [1.54, 1.807) is 24.3 Å². The second kappa shape index (κ2) is 5.67. The molecule has 0 radical (unpaired) electrons. The summed E-state index contributed by atoms with van der Waals surface area (Å²) in [7, 11) is 0. The fourth-order valence-corrected chi connectivity index (χ4v) is 1.93. The van der Waals surface area contributed by atoms with E-state index in [2.05, 4.69) is 21.2 Å². The molecule has 0 aromatic heterocycles. The highest BCUT2D eigenvalue weighted by molar-refractivity contribution is 9.10. The zero-order chi connectivity index (χ0) is 13.1. The normalized spacial score (nSPS) is 10.4. The highest BCUT2D eigenvalue weighted by Gasteiger charge is 2.06. The number of hydrogen-bond donors (Lipinski definition) is 1. The SMILES string of the molecule is Fc1cc(NCc2cccc(F)c2Cl)ccc1Br. The van der Waals surface area contributed by atoms with Crippen molar-refractivity contribution in [2.75, 3.05) is 5.32 Å². The zero-order valence-corrected chi connectivity index (χ0v) is 11.5. The van der Waals surface area contributed by atoms with Crippen LogP contribution in [-0.2, 0) is 6.54 Å². The van der Waals surface area contributed by atoms with Crippen molar-refractivity contribution in [2.45, 2.75) is 6.54 Å². The summed E-state index contributed by atoms with van der Waals surface area (Å²) in [4.78, 5) is 0. The number of rotatable bonds is 3. The molecule has 0 atom stereocenters. The van der Waals surface area contributed by atoms with Crippen molar-refractivity contribution in [3.05, 3.63) is 63.1 Å². The number of halogens is 4. The minimum Gasteiger partial charge on any atom is -0.381 e. The van der Waals surface area contributed by atoms with Crippen molar-refractivity contribution in [2.24, 2.45) is 0 Å². The minimum absolute atomic E-state index is 0.0857. The Morgan fingerprint density at radius 1 is 1.11 bits per heavy atom. The molecular weight excluding hydrogens is 324 g/mol. The van der Waals surface area contributed by atoms with Gasteiger partial charge in [0, 0.05) is 12.2 Å². The lowest BCUT2D eigenvalue weighted by atomic mass is 10.2. The van der Waals surface area contributed by atoms with Crippen molar-refractivity contribution >= 4 is 33.2 Å². The smallest absolute Gasteiger partial charge is 0.142 e. The first-order valence-electron chi connectivity index (χ1n) is 5.20. The van der Waals surface area contributed by atoms with Gasteiger partial charge in [-0.05, 0) is 45.8 Å². The lowest BCUT2D eigenvalue weighted by Gasteiger charge is -2.09.